The minimum atomic E-state index is 0.613. The van der Waals surface area contributed by atoms with E-state index in [2.05, 4.69) is 12.2 Å². The van der Waals surface area contributed by atoms with Gasteiger partial charge in [-0.15, -0.1) is 0 Å². The lowest BCUT2D eigenvalue weighted by Crippen LogP contribution is -2.01. The Morgan fingerprint density at radius 1 is 1.00 bits per heavy atom. The van der Waals surface area contributed by atoms with Crippen LogP contribution in [0, 0.1) is 0 Å². The Bertz CT molecular complexity index is 190. The summed E-state index contributed by atoms with van der Waals surface area (Å²) >= 11 is 0. The highest BCUT2D eigenvalue weighted by Crippen LogP contribution is 2.07. The molecule has 0 aromatic carbocycles. The molecule has 0 spiro atoms. The normalized spacial score (nSPS) is 17.3. The van der Waals surface area contributed by atoms with Crippen molar-refractivity contribution in [2.24, 2.45) is 11.5 Å². The van der Waals surface area contributed by atoms with Gasteiger partial charge in [0.25, 0.3) is 0 Å². The van der Waals surface area contributed by atoms with Gasteiger partial charge in [-0.3, -0.25) is 0 Å². The van der Waals surface area contributed by atoms with Crippen LogP contribution in [0.4, 0.5) is 0 Å². The zero-order valence-electron chi connectivity index (χ0n) is 6.59. The van der Waals surface area contributed by atoms with E-state index in [1.807, 2.05) is 12.2 Å². The molecule has 1 rings (SSSR count). The Labute approximate surface area is 67.3 Å². The lowest BCUT2D eigenvalue weighted by Gasteiger charge is -1.93. The maximum atomic E-state index is 5.49. The minimum absolute atomic E-state index is 0.613. The van der Waals surface area contributed by atoms with Gasteiger partial charge in [-0.25, -0.2) is 0 Å². The van der Waals surface area contributed by atoms with Crippen LogP contribution in [-0.4, -0.2) is 13.1 Å². The second-order valence-corrected chi connectivity index (χ2v) is 2.54. The summed E-state index contributed by atoms with van der Waals surface area (Å²) in [5, 5.41) is 0. The number of allylic oxidation sites excluding steroid dienone is 2. The van der Waals surface area contributed by atoms with Crippen molar-refractivity contribution in [3.63, 3.8) is 0 Å². The first kappa shape index (κ1) is 8.24. The first-order chi connectivity index (χ1) is 5.36. The molecule has 0 unspecified atom stereocenters. The predicted octanol–water partition coefficient (Wildman–Crippen LogP) is 0.717. The molecule has 4 N–H and O–H groups in total. The highest BCUT2D eigenvalue weighted by atomic mass is 14.5. The van der Waals surface area contributed by atoms with Crippen molar-refractivity contribution in [1.82, 2.24) is 0 Å². The van der Waals surface area contributed by atoms with E-state index in [1.165, 1.54) is 11.1 Å². The summed E-state index contributed by atoms with van der Waals surface area (Å²) in [7, 11) is 0. The van der Waals surface area contributed by atoms with Gasteiger partial charge in [0.05, 0.1) is 0 Å². The third-order valence-electron chi connectivity index (χ3n) is 1.74. The van der Waals surface area contributed by atoms with E-state index >= 15 is 0 Å². The van der Waals surface area contributed by atoms with Gasteiger partial charge in [0.15, 0.2) is 0 Å². The van der Waals surface area contributed by atoms with Gasteiger partial charge in [0.2, 0.25) is 0 Å². The standard InChI is InChI=1S/C9H14N2/c10-6-8-2-1-3-9(7-11)5-4-8/h2-5H,1,6-7,10-11H2. The average molecular weight is 150 g/mol. The molecular formula is C9H14N2. The van der Waals surface area contributed by atoms with E-state index < -0.39 is 0 Å². The highest BCUT2D eigenvalue weighted by Gasteiger charge is 1.94. The van der Waals surface area contributed by atoms with Crippen molar-refractivity contribution < 1.29 is 0 Å². The summed E-state index contributed by atoms with van der Waals surface area (Å²) in [5.74, 6) is 0. The maximum Gasteiger partial charge on any atom is 0.0175 e. The first-order valence-corrected chi connectivity index (χ1v) is 3.83. The van der Waals surface area contributed by atoms with Crippen LogP contribution >= 0.6 is 0 Å². The fourth-order valence-electron chi connectivity index (χ4n) is 1.01. The van der Waals surface area contributed by atoms with Crippen LogP contribution in [0.2, 0.25) is 0 Å². The van der Waals surface area contributed by atoms with Gasteiger partial charge in [0, 0.05) is 13.1 Å². The second-order valence-electron chi connectivity index (χ2n) is 2.54. The molecule has 2 heteroatoms. The van der Waals surface area contributed by atoms with E-state index in [4.69, 9.17) is 11.5 Å². The van der Waals surface area contributed by atoms with Crippen molar-refractivity contribution in [3.8, 4) is 0 Å². The van der Waals surface area contributed by atoms with Crippen molar-refractivity contribution >= 4 is 0 Å². The molecule has 0 heterocycles. The largest absolute Gasteiger partial charge is 0.327 e. The van der Waals surface area contributed by atoms with Gasteiger partial charge in [-0.1, -0.05) is 24.3 Å². The predicted molar refractivity (Wildman–Crippen MR) is 48.0 cm³/mol. The lowest BCUT2D eigenvalue weighted by atomic mass is 10.2. The Morgan fingerprint density at radius 3 is 1.82 bits per heavy atom. The Balaban J connectivity index is 2.66. The van der Waals surface area contributed by atoms with Crippen LogP contribution in [0.1, 0.15) is 6.42 Å². The topological polar surface area (TPSA) is 52.0 Å². The summed E-state index contributed by atoms with van der Waals surface area (Å²) in [6.07, 6.45) is 9.27. The Morgan fingerprint density at radius 2 is 1.45 bits per heavy atom. The van der Waals surface area contributed by atoms with Crippen LogP contribution in [0.3, 0.4) is 0 Å². The summed E-state index contributed by atoms with van der Waals surface area (Å²) in [4.78, 5) is 0. The fraction of sp³-hybridized carbons (Fsp3) is 0.333. The van der Waals surface area contributed by atoms with Gasteiger partial charge in [-0.2, -0.15) is 0 Å². The molecule has 60 valence electrons. The molecule has 11 heavy (non-hydrogen) atoms. The molecular weight excluding hydrogens is 136 g/mol. The average Bonchev–Trinajstić information content (AvgIpc) is 2.28. The molecule has 0 aromatic heterocycles. The molecule has 0 saturated heterocycles. The number of hydrogen-bond acceptors (Lipinski definition) is 2. The third-order valence-corrected chi connectivity index (χ3v) is 1.74. The molecule has 0 amide bonds. The molecule has 0 saturated carbocycles. The number of nitrogens with two attached hydrogens (primary N) is 2. The van der Waals surface area contributed by atoms with Crippen LogP contribution in [0.5, 0.6) is 0 Å². The molecule has 1 aliphatic carbocycles. The van der Waals surface area contributed by atoms with Crippen molar-refractivity contribution in [2.45, 2.75) is 6.42 Å². The van der Waals surface area contributed by atoms with Gasteiger partial charge >= 0.3 is 0 Å². The minimum Gasteiger partial charge on any atom is -0.327 e. The molecule has 0 aliphatic heterocycles. The Kier molecular flexibility index (Phi) is 3.08. The summed E-state index contributed by atoms with van der Waals surface area (Å²) < 4.78 is 0. The summed E-state index contributed by atoms with van der Waals surface area (Å²) in [5.41, 5.74) is 13.3. The molecule has 0 radical (unpaired) electrons. The van der Waals surface area contributed by atoms with E-state index in [1.54, 1.807) is 0 Å². The quantitative estimate of drug-likeness (QED) is 0.609. The van der Waals surface area contributed by atoms with Crippen molar-refractivity contribution in [2.75, 3.05) is 13.1 Å². The Hall–Kier alpha value is -0.860. The highest BCUT2D eigenvalue weighted by molar-refractivity contribution is 5.33. The van der Waals surface area contributed by atoms with Crippen LogP contribution in [0.25, 0.3) is 0 Å². The van der Waals surface area contributed by atoms with E-state index in [0.717, 1.165) is 6.42 Å². The first-order valence-electron chi connectivity index (χ1n) is 3.83. The lowest BCUT2D eigenvalue weighted by molar-refractivity contribution is 1.16. The summed E-state index contributed by atoms with van der Waals surface area (Å²) in [6, 6.07) is 0. The molecule has 0 aromatic rings. The fourth-order valence-corrected chi connectivity index (χ4v) is 1.01. The molecule has 0 bridgehead atoms. The number of rotatable bonds is 2. The second kappa shape index (κ2) is 4.11. The van der Waals surface area contributed by atoms with E-state index in [9.17, 15) is 0 Å². The van der Waals surface area contributed by atoms with Crippen molar-refractivity contribution in [3.05, 3.63) is 35.5 Å². The van der Waals surface area contributed by atoms with E-state index in [-0.39, 0.29) is 0 Å². The smallest absolute Gasteiger partial charge is 0.0175 e. The number of hydrogen-bond donors (Lipinski definition) is 2. The van der Waals surface area contributed by atoms with Crippen LogP contribution < -0.4 is 11.5 Å². The van der Waals surface area contributed by atoms with Crippen LogP contribution in [0.15, 0.2) is 35.5 Å². The van der Waals surface area contributed by atoms with Crippen molar-refractivity contribution in [1.29, 1.82) is 0 Å². The van der Waals surface area contributed by atoms with Gasteiger partial charge in [-0.05, 0) is 17.6 Å². The van der Waals surface area contributed by atoms with E-state index in [0.29, 0.717) is 13.1 Å². The third kappa shape index (κ3) is 2.33. The molecule has 0 fully saturated rings. The van der Waals surface area contributed by atoms with Gasteiger partial charge in [0.1, 0.15) is 0 Å². The molecule has 0 atom stereocenters. The zero-order chi connectivity index (χ0) is 8.10. The maximum absolute atomic E-state index is 5.49. The summed E-state index contributed by atoms with van der Waals surface area (Å²) in [6.45, 7) is 1.23. The SMILES string of the molecule is NCC1=CCC=C(CN)C=C1. The van der Waals surface area contributed by atoms with Gasteiger partial charge < -0.3 is 11.5 Å². The monoisotopic (exact) mass is 150 g/mol. The zero-order valence-corrected chi connectivity index (χ0v) is 6.59. The molecule has 2 nitrogen and oxygen atoms in total. The molecule has 1 aliphatic rings. The van der Waals surface area contributed by atoms with Crippen LogP contribution in [-0.2, 0) is 0 Å².